The molecule has 0 radical (unpaired) electrons. The first-order valence-electron chi connectivity index (χ1n) is 8.22. The molecule has 130 valence electrons. The van der Waals surface area contributed by atoms with Crippen molar-refractivity contribution in [3.8, 4) is 0 Å². The number of nitrogens with zero attached hydrogens (tertiary/aromatic N) is 1. The molecule has 0 fully saturated rings. The molecule has 0 spiro atoms. The Hall–Kier alpha value is -2.50. The van der Waals surface area contributed by atoms with Gasteiger partial charge in [0.2, 0.25) is 5.91 Å². The van der Waals surface area contributed by atoms with Gasteiger partial charge in [0, 0.05) is 37.0 Å². The van der Waals surface area contributed by atoms with Crippen molar-refractivity contribution >= 4 is 22.8 Å². The van der Waals surface area contributed by atoms with Crippen LogP contribution >= 0.6 is 0 Å². The van der Waals surface area contributed by atoms with E-state index in [4.69, 9.17) is 4.42 Å². The highest BCUT2D eigenvalue weighted by Crippen LogP contribution is 2.24. The molecule has 0 aliphatic carbocycles. The number of carbonyl (C=O) groups excluding carboxylic acids is 1. The lowest BCUT2D eigenvalue weighted by Crippen LogP contribution is -2.39. The molecule has 1 aromatic carbocycles. The van der Waals surface area contributed by atoms with Gasteiger partial charge in [-0.15, -0.1) is 0 Å². The highest BCUT2D eigenvalue weighted by Gasteiger charge is 2.10. The Bertz CT molecular complexity index is 719. The van der Waals surface area contributed by atoms with Crippen molar-refractivity contribution in [3.63, 3.8) is 0 Å². The average molecular weight is 330 g/mol. The van der Waals surface area contributed by atoms with Gasteiger partial charge in [0.1, 0.15) is 11.3 Å². The normalized spacial score (nSPS) is 11.8. The minimum absolute atomic E-state index is 0.0288. The number of rotatable bonds is 6. The van der Waals surface area contributed by atoms with Crippen LogP contribution in [-0.2, 0) is 11.3 Å². The Morgan fingerprint density at radius 2 is 2.00 bits per heavy atom. The molecule has 0 unspecified atom stereocenters. The summed E-state index contributed by atoms with van der Waals surface area (Å²) in [5, 5.41) is 10.3. The van der Waals surface area contributed by atoms with Crippen LogP contribution in [0.15, 0.2) is 33.7 Å². The molecular weight excluding hydrogens is 304 g/mol. The zero-order valence-electron chi connectivity index (χ0n) is 14.8. The molecule has 2 aromatic rings. The van der Waals surface area contributed by atoms with Crippen molar-refractivity contribution in [2.45, 2.75) is 39.8 Å². The van der Waals surface area contributed by atoms with Gasteiger partial charge in [-0.05, 0) is 26.8 Å². The summed E-state index contributed by atoms with van der Waals surface area (Å²) in [4.78, 5) is 15.8. The molecule has 2 rings (SSSR count). The topological polar surface area (TPSA) is 78.7 Å². The first-order valence-corrected chi connectivity index (χ1v) is 8.22. The van der Waals surface area contributed by atoms with Gasteiger partial charge in [-0.1, -0.05) is 18.2 Å². The van der Waals surface area contributed by atoms with E-state index in [0.29, 0.717) is 25.5 Å². The Morgan fingerprint density at radius 3 is 2.67 bits per heavy atom. The van der Waals surface area contributed by atoms with Crippen LogP contribution in [-0.4, -0.2) is 31.5 Å². The zero-order chi connectivity index (χ0) is 17.5. The van der Waals surface area contributed by atoms with Crippen molar-refractivity contribution in [2.24, 2.45) is 4.99 Å². The lowest BCUT2D eigenvalue weighted by molar-refractivity contribution is -0.121. The number of aryl methyl sites for hydroxylation is 1. The summed E-state index contributed by atoms with van der Waals surface area (Å²) in [7, 11) is 1.70. The van der Waals surface area contributed by atoms with Gasteiger partial charge < -0.3 is 20.4 Å². The number of fused-ring (bicyclic) bond motifs is 1. The molecule has 1 aromatic heterocycles. The van der Waals surface area contributed by atoms with E-state index >= 15 is 0 Å². The van der Waals surface area contributed by atoms with Crippen LogP contribution in [0, 0.1) is 6.92 Å². The minimum atomic E-state index is 0.0288. The Kier molecular flexibility index (Phi) is 6.23. The van der Waals surface area contributed by atoms with Crippen molar-refractivity contribution < 1.29 is 9.21 Å². The first kappa shape index (κ1) is 17.8. The van der Waals surface area contributed by atoms with Crippen LogP contribution in [0.3, 0.4) is 0 Å². The second-order valence-corrected chi connectivity index (χ2v) is 5.97. The number of furan rings is 1. The van der Waals surface area contributed by atoms with Crippen molar-refractivity contribution in [1.82, 2.24) is 16.0 Å². The monoisotopic (exact) mass is 330 g/mol. The Labute approximate surface area is 142 Å². The molecule has 0 bridgehead atoms. The van der Waals surface area contributed by atoms with Crippen LogP contribution in [0.2, 0.25) is 0 Å². The third-order valence-electron chi connectivity index (χ3n) is 3.68. The minimum Gasteiger partial charge on any atom is -0.459 e. The van der Waals surface area contributed by atoms with Gasteiger partial charge in [0.25, 0.3) is 0 Å². The molecule has 0 saturated heterocycles. The highest BCUT2D eigenvalue weighted by molar-refractivity contribution is 5.83. The van der Waals surface area contributed by atoms with E-state index in [0.717, 1.165) is 22.3 Å². The average Bonchev–Trinajstić information content (AvgIpc) is 2.86. The SMILES string of the molecule is CN=C(NCCC(=O)NC(C)C)NCc1oc2ccccc2c1C. The molecule has 24 heavy (non-hydrogen) atoms. The van der Waals surface area contributed by atoms with Crippen LogP contribution in [0.4, 0.5) is 0 Å². The van der Waals surface area contributed by atoms with E-state index < -0.39 is 0 Å². The summed E-state index contributed by atoms with van der Waals surface area (Å²) in [6.45, 7) is 7.01. The second-order valence-electron chi connectivity index (χ2n) is 5.97. The summed E-state index contributed by atoms with van der Waals surface area (Å²) < 4.78 is 5.87. The van der Waals surface area contributed by atoms with E-state index in [1.165, 1.54) is 0 Å². The molecule has 0 atom stereocenters. The number of nitrogens with one attached hydrogen (secondary N) is 3. The second kappa shape index (κ2) is 8.38. The number of amides is 1. The Morgan fingerprint density at radius 1 is 1.25 bits per heavy atom. The lowest BCUT2D eigenvalue weighted by Gasteiger charge is -2.12. The molecule has 0 aliphatic rings. The largest absolute Gasteiger partial charge is 0.459 e. The van der Waals surface area contributed by atoms with Gasteiger partial charge in [-0.2, -0.15) is 0 Å². The molecule has 0 saturated carbocycles. The fourth-order valence-electron chi connectivity index (χ4n) is 2.47. The van der Waals surface area contributed by atoms with Crippen LogP contribution < -0.4 is 16.0 Å². The number of carbonyl (C=O) groups is 1. The molecule has 1 amide bonds. The van der Waals surface area contributed by atoms with Crippen LogP contribution in [0.1, 0.15) is 31.6 Å². The number of guanidine groups is 1. The van der Waals surface area contributed by atoms with Crippen LogP contribution in [0.5, 0.6) is 0 Å². The predicted molar refractivity (Wildman–Crippen MR) is 97.0 cm³/mol. The van der Waals surface area contributed by atoms with E-state index in [-0.39, 0.29) is 11.9 Å². The predicted octanol–water partition coefficient (Wildman–Crippen LogP) is 2.32. The maximum Gasteiger partial charge on any atom is 0.221 e. The summed E-state index contributed by atoms with van der Waals surface area (Å²) in [5.74, 6) is 1.56. The van der Waals surface area contributed by atoms with Crippen molar-refractivity contribution in [2.75, 3.05) is 13.6 Å². The van der Waals surface area contributed by atoms with Crippen LogP contribution in [0.25, 0.3) is 11.0 Å². The van der Waals surface area contributed by atoms with E-state index in [1.54, 1.807) is 7.05 Å². The fourth-order valence-corrected chi connectivity index (χ4v) is 2.47. The van der Waals surface area contributed by atoms with E-state index in [2.05, 4.69) is 33.9 Å². The summed E-state index contributed by atoms with van der Waals surface area (Å²) in [6.07, 6.45) is 0.405. The van der Waals surface area contributed by atoms with Gasteiger partial charge in [0.05, 0.1) is 6.54 Å². The molecule has 6 heteroatoms. The third-order valence-corrected chi connectivity index (χ3v) is 3.68. The maximum atomic E-state index is 11.6. The first-order chi connectivity index (χ1) is 11.5. The summed E-state index contributed by atoms with van der Waals surface area (Å²) >= 11 is 0. The van der Waals surface area contributed by atoms with E-state index in [1.807, 2.05) is 32.0 Å². The molecular formula is C18H26N4O2. The lowest BCUT2D eigenvalue weighted by atomic mass is 10.1. The van der Waals surface area contributed by atoms with Crippen molar-refractivity contribution in [3.05, 3.63) is 35.6 Å². The van der Waals surface area contributed by atoms with Gasteiger partial charge >= 0.3 is 0 Å². The number of para-hydroxylation sites is 1. The summed E-state index contributed by atoms with van der Waals surface area (Å²) in [5.41, 5.74) is 2.02. The van der Waals surface area contributed by atoms with Crippen molar-refractivity contribution in [1.29, 1.82) is 0 Å². The van der Waals surface area contributed by atoms with E-state index in [9.17, 15) is 4.79 Å². The van der Waals surface area contributed by atoms with Gasteiger partial charge in [-0.25, -0.2) is 0 Å². The number of benzene rings is 1. The molecule has 6 nitrogen and oxygen atoms in total. The number of aliphatic imine (C=N–C) groups is 1. The zero-order valence-corrected chi connectivity index (χ0v) is 14.8. The molecule has 0 aliphatic heterocycles. The van der Waals surface area contributed by atoms with Gasteiger partial charge in [0.15, 0.2) is 5.96 Å². The molecule has 1 heterocycles. The molecule has 3 N–H and O–H groups in total. The Balaban J connectivity index is 1.85. The summed E-state index contributed by atoms with van der Waals surface area (Å²) in [6, 6.07) is 8.14. The third kappa shape index (κ3) is 4.75. The number of hydrogen-bond acceptors (Lipinski definition) is 3. The maximum absolute atomic E-state index is 11.6. The number of hydrogen-bond donors (Lipinski definition) is 3. The highest BCUT2D eigenvalue weighted by atomic mass is 16.3. The smallest absolute Gasteiger partial charge is 0.221 e. The fraction of sp³-hybridized carbons (Fsp3) is 0.444. The standard InChI is InChI=1S/C18H26N4O2/c1-12(2)22-17(23)9-10-20-18(19-4)21-11-16-13(3)14-7-5-6-8-15(14)24-16/h5-8,12H,9-11H2,1-4H3,(H,22,23)(H2,19,20,21). The quantitative estimate of drug-likeness (QED) is 0.561. The van der Waals surface area contributed by atoms with Gasteiger partial charge in [-0.3, -0.25) is 9.79 Å².